The number of pyridine rings is 1. The van der Waals surface area contributed by atoms with E-state index in [1.165, 1.54) is 4.40 Å². The first-order valence-electron chi connectivity index (χ1n) is 9.34. The molecule has 0 radical (unpaired) electrons. The van der Waals surface area contributed by atoms with Gasteiger partial charge in [0.05, 0.1) is 12.1 Å². The molecule has 7 heteroatoms. The molecule has 0 aliphatic carbocycles. The highest BCUT2D eigenvalue weighted by Crippen LogP contribution is 2.33. The lowest BCUT2D eigenvalue weighted by molar-refractivity contribution is -0.516. The van der Waals surface area contributed by atoms with Crippen molar-refractivity contribution < 1.29 is 4.40 Å². The summed E-state index contributed by atoms with van der Waals surface area (Å²) in [6.07, 6.45) is 0.828. The third-order valence-corrected chi connectivity index (χ3v) is 4.68. The Morgan fingerprint density at radius 1 is 1.07 bits per heavy atom. The number of rotatable bonds is 4. The largest absolute Gasteiger partial charge is 0.428 e. The fraction of sp³-hybridized carbons (Fsp3) is 0.238. The molecule has 3 heterocycles. The van der Waals surface area contributed by atoms with Gasteiger partial charge >= 0.3 is 11.6 Å². The van der Waals surface area contributed by atoms with Crippen LogP contribution in [0.1, 0.15) is 24.7 Å². The van der Waals surface area contributed by atoms with Crippen molar-refractivity contribution in [2.75, 3.05) is 5.73 Å². The molecule has 0 bridgehead atoms. The van der Waals surface area contributed by atoms with E-state index in [-0.39, 0.29) is 11.6 Å². The van der Waals surface area contributed by atoms with E-state index in [0.29, 0.717) is 12.2 Å². The van der Waals surface area contributed by atoms with Gasteiger partial charge in [-0.15, -0.1) is 9.38 Å². The van der Waals surface area contributed by atoms with Gasteiger partial charge in [-0.3, -0.25) is 4.98 Å². The van der Waals surface area contributed by atoms with E-state index in [9.17, 15) is 4.79 Å². The maximum absolute atomic E-state index is 12.9. The van der Waals surface area contributed by atoms with Gasteiger partial charge in [-0.1, -0.05) is 37.3 Å². The average molecular weight is 375 g/mol. The molecule has 7 nitrogen and oxygen atoms in total. The fourth-order valence-corrected chi connectivity index (χ4v) is 3.59. The topological polar surface area (TPSA) is 93.7 Å². The first-order chi connectivity index (χ1) is 13.5. The number of nitrogen functional groups attached to an aromatic ring is 1. The van der Waals surface area contributed by atoms with Crippen molar-refractivity contribution >= 4 is 11.6 Å². The molecule has 0 fully saturated rings. The molecule has 4 rings (SSSR count). The van der Waals surface area contributed by atoms with Gasteiger partial charge in [0, 0.05) is 17.0 Å². The van der Waals surface area contributed by atoms with E-state index in [2.05, 4.69) is 15.1 Å². The first kappa shape index (κ1) is 17.9. The number of nitrogens with one attached hydrogen (secondary N) is 1. The number of benzene rings is 1. The number of aromatic nitrogens is 5. The smallest absolute Gasteiger partial charge is 0.319 e. The molecular weight excluding hydrogens is 352 g/mol. The first-order valence-corrected chi connectivity index (χ1v) is 9.34. The Labute approximate surface area is 162 Å². The predicted molar refractivity (Wildman–Crippen MR) is 109 cm³/mol. The summed E-state index contributed by atoms with van der Waals surface area (Å²) < 4.78 is 3.02. The normalized spacial score (nSPS) is 11.2. The fourth-order valence-electron chi connectivity index (χ4n) is 3.59. The molecule has 4 aromatic rings. The highest BCUT2D eigenvalue weighted by molar-refractivity contribution is 5.88. The second-order valence-electron chi connectivity index (χ2n) is 6.93. The van der Waals surface area contributed by atoms with E-state index in [1.54, 1.807) is 4.68 Å². The minimum absolute atomic E-state index is 0.163. The zero-order chi connectivity index (χ0) is 19.8. The summed E-state index contributed by atoms with van der Waals surface area (Å²) in [5.41, 5.74) is 11.9. The standard InChI is InChI=1S/C21H22N6O/c1-4-10-26-21(28)27-19(25-26)17(16-11-13(2)23-14(3)12-16)18(24-20(27)22)15-8-6-5-7-9-15/h5-9,11-12H,4,10H2,1-3H3,(H2,22,23,24,25)/p+1. The van der Waals surface area contributed by atoms with Crippen molar-refractivity contribution in [3.8, 4) is 22.4 Å². The minimum Gasteiger partial charge on any atom is -0.319 e. The van der Waals surface area contributed by atoms with Crippen LogP contribution in [0.4, 0.5) is 5.95 Å². The lowest BCUT2D eigenvalue weighted by Gasteiger charge is -2.10. The molecule has 3 N–H and O–H groups in total. The summed E-state index contributed by atoms with van der Waals surface area (Å²) in [6, 6.07) is 13.9. The number of hydrogen-bond acceptors (Lipinski definition) is 4. The Balaban J connectivity index is 2.15. The van der Waals surface area contributed by atoms with Crippen LogP contribution in [0.5, 0.6) is 0 Å². The number of anilines is 1. The molecule has 0 aliphatic rings. The van der Waals surface area contributed by atoms with Gasteiger partial charge in [0.15, 0.2) is 0 Å². The second-order valence-corrected chi connectivity index (χ2v) is 6.93. The number of hydrogen-bond donors (Lipinski definition) is 2. The third-order valence-electron chi connectivity index (χ3n) is 4.68. The number of nitrogens with zero attached hydrogens (tertiary/aromatic N) is 4. The zero-order valence-corrected chi connectivity index (χ0v) is 16.2. The number of aryl methyl sites for hydroxylation is 3. The van der Waals surface area contributed by atoms with Gasteiger partial charge in [-0.2, -0.15) is 4.68 Å². The maximum atomic E-state index is 12.9. The molecular formula is C21H23N6O+. The Kier molecular flexibility index (Phi) is 4.43. The van der Waals surface area contributed by atoms with Crippen molar-refractivity contribution in [2.45, 2.75) is 33.7 Å². The van der Waals surface area contributed by atoms with Crippen molar-refractivity contribution in [3.63, 3.8) is 0 Å². The van der Waals surface area contributed by atoms with Crippen LogP contribution in [0.2, 0.25) is 0 Å². The summed E-state index contributed by atoms with van der Waals surface area (Å²) >= 11 is 0. The van der Waals surface area contributed by atoms with E-state index in [0.717, 1.165) is 40.2 Å². The van der Waals surface area contributed by atoms with E-state index in [4.69, 9.17) is 5.73 Å². The lowest BCUT2D eigenvalue weighted by atomic mass is 9.99. The Hall–Kier alpha value is -3.48. The summed E-state index contributed by atoms with van der Waals surface area (Å²) in [7, 11) is 0. The maximum Gasteiger partial charge on any atom is 0.428 e. The molecule has 142 valence electrons. The second kappa shape index (κ2) is 6.92. The molecule has 0 saturated heterocycles. The van der Waals surface area contributed by atoms with Crippen LogP contribution >= 0.6 is 0 Å². The van der Waals surface area contributed by atoms with Crippen LogP contribution in [0, 0.1) is 13.8 Å². The van der Waals surface area contributed by atoms with Gasteiger partial charge < -0.3 is 5.73 Å². The highest BCUT2D eigenvalue weighted by atomic mass is 16.2. The number of H-pyrrole nitrogens is 1. The number of fused-ring (bicyclic) bond motifs is 1. The molecule has 0 unspecified atom stereocenters. The molecule has 28 heavy (non-hydrogen) atoms. The van der Waals surface area contributed by atoms with Gasteiger partial charge in [-0.25, -0.2) is 9.89 Å². The van der Waals surface area contributed by atoms with Crippen LogP contribution in [0.25, 0.3) is 28.0 Å². The molecule has 3 aromatic heterocycles. The van der Waals surface area contributed by atoms with Crippen molar-refractivity contribution in [2.24, 2.45) is 0 Å². The summed E-state index contributed by atoms with van der Waals surface area (Å²) in [5, 5.41) is 3.25. The lowest BCUT2D eigenvalue weighted by Crippen LogP contribution is -2.44. The monoisotopic (exact) mass is 375 g/mol. The van der Waals surface area contributed by atoms with E-state index in [1.807, 2.05) is 63.2 Å². The van der Waals surface area contributed by atoms with Crippen LogP contribution < -0.4 is 15.8 Å². The van der Waals surface area contributed by atoms with Crippen LogP contribution in [0.3, 0.4) is 0 Å². The number of nitrogens with two attached hydrogens (primary N) is 1. The molecule has 0 amide bonds. The van der Waals surface area contributed by atoms with Gasteiger partial charge in [0.25, 0.3) is 0 Å². The molecule has 0 saturated carbocycles. The zero-order valence-electron chi connectivity index (χ0n) is 16.2. The van der Waals surface area contributed by atoms with Gasteiger partial charge in [0.2, 0.25) is 5.65 Å². The molecule has 1 aromatic carbocycles. The van der Waals surface area contributed by atoms with Crippen LogP contribution in [-0.2, 0) is 6.54 Å². The predicted octanol–water partition coefficient (Wildman–Crippen LogP) is 2.65. The SMILES string of the molecule is CCCn1[nH]c2c(-c3cc(C)nc(C)c3)c(-c3ccccc3)nc(N)[n+]2c1=O. The summed E-state index contributed by atoms with van der Waals surface area (Å²) in [5.74, 6) is 0.163. The van der Waals surface area contributed by atoms with Crippen molar-refractivity contribution in [3.05, 3.63) is 64.3 Å². The molecule has 0 spiro atoms. The average Bonchev–Trinajstić information content (AvgIpc) is 2.98. The van der Waals surface area contributed by atoms with Gasteiger partial charge in [0.1, 0.15) is 5.69 Å². The van der Waals surface area contributed by atoms with E-state index < -0.39 is 0 Å². The minimum atomic E-state index is -0.217. The molecule has 0 atom stereocenters. The van der Waals surface area contributed by atoms with E-state index >= 15 is 0 Å². The summed E-state index contributed by atoms with van der Waals surface area (Å²) in [6.45, 7) is 6.52. The Bertz CT molecular complexity index is 1200. The quantitative estimate of drug-likeness (QED) is 0.536. The molecule has 0 aliphatic heterocycles. The third kappa shape index (κ3) is 2.94. The summed E-state index contributed by atoms with van der Waals surface area (Å²) in [4.78, 5) is 22.0. The van der Waals surface area contributed by atoms with Crippen molar-refractivity contribution in [1.29, 1.82) is 0 Å². The van der Waals surface area contributed by atoms with Gasteiger partial charge in [-0.05, 0) is 38.0 Å². The van der Waals surface area contributed by atoms with Crippen LogP contribution in [-0.4, -0.2) is 19.7 Å². The van der Waals surface area contributed by atoms with Crippen molar-refractivity contribution in [1.82, 2.24) is 19.7 Å². The Morgan fingerprint density at radius 3 is 2.39 bits per heavy atom. The van der Waals surface area contributed by atoms with Crippen LogP contribution in [0.15, 0.2) is 47.3 Å². The number of aromatic amines is 1. The highest BCUT2D eigenvalue weighted by Gasteiger charge is 2.25. The Morgan fingerprint density at radius 2 is 1.75 bits per heavy atom.